The molecule has 6 nitrogen and oxygen atoms in total. The number of aromatic hydroxyl groups is 1. The number of pyridine rings is 3. The van der Waals surface area contributed by atoms with E-state index in [-0.39, 0.29) is 0 Å². The van der Waals surface area contributed by atoms with Crippen molar-refractivity contribution in [3.05, 3.63) is 120 Å². The molecule has 3 aromatic heterocycles. The monoisotopic (exact) mass is 453 g/mol. The highest BCUT2D eigenvalue weighted by molar-refractivity contribution is 5.34. The van der Waals surface area contributed by atoms with Crippen LogP contribution >= 0.6 is 0 Å². The van der Waals surface area contributed by atoms with Crippen molar-refractivity contribution < 1.29 is 5.11 Å². The summed E-state index contributed by atoms with van der Waals surface area (Å²) in [5.74, 6) is 0.297. The number of hydrogen-bond donors (Lipinski definition) is 1. The van der Waals surface area contributed by atoms with Gasteiger partial charge in [0.2, 0.25) is 0 Å². The Morgan fingerprint density at radius 1 is 0.618 bits per heavy atom. The Bertz CT molecular complexity index is 1100. The fraction of sp³-hybridized carbons (Fsp3) is 0.250. The maximum atomic E-state index is 10.0. The highest BCUT2D eigenvalue weighted by Gasteiger charge is 2.14. The van der Waals surface area contributed by atoms with Gasteiger partial charge in [-0.2, -0.15) is 0 Å². The minimum Gasteiger partial charge on any atom is -0.508 e. The van der Waals surface area contributed by atoms with Gasteiger partial charge in [0.15, 0.2) is 0 Å². The lowest BCUT2D eigenvalue weighted by Crippen LogP contribution is -2.35. The smallest absolute Gasteiger partial charge is 0.115 e. The molecule has 0 bridgehead atoms. The molecule has 1 N–H and O–H groups in total. The van der Waals surface area contributed by atoms with E-state index in [2.05, 4.69) is 49.9 Å². The SMILES string of the molecule is Cc1ccc(O)cc1CN(CCN(Cc1ccccn1)Cc1ccccn1)Cc1ccccn1. The van der Waals surface area contributed by atoms with Gasteiger partial charge in [0, 0.05) is 57.9 Å². The van der Waals surface area contributed by atoms with Gasteiger partial charge in [-0.15, -0.1) is 0 Å². The zero-order valence-corrected chi connectivity index (χ0v) is 19.6. The zero-order chi connectivity index (χ0) is 23.6. The van der Waals surface area contributed by atoms with Crippen LogP contribution in [0.5, 0.6) is 5.75 Å². The first kappa shape index (κ1) is 23.5. The molecule has 0 saturated carbocycles. The van der Waals surface area contributed by atoms with Gasteiger partial charge >= 0.3 is 0 Å². The molecule has 0 spiro atoms. The van der Waals surface area contributed by atoms with Crippen LogP contribution in [0.2, 0.25) is 0 Å². The summed E-state index contributed by atoms with van der Waals surface area (Å²) in [4.78, 5) is 18.4. The van der Waals surface area contributed by atoms with Crippen LogP contribution in [0, 0.1) is 6.92 Å². The van der Waals surface area contributed by atoms with Crippen molar-refractivity contribution in [1.82, 2.24) is 24.8 Å². The molecule has 1 aromatic carbocycles. The Labute approximate surface area is 201 Å². The summed E-state index contributed by atoms with van der Waals surface area (Å²) in [6.45, 7) is 6.74. The summed E-state index contributed by atoms with van der Waals surface area (Å²) in [6, 6.07) is 23.7. The lowest BCUT2D eigenvalue weighted by atomic mass is 10.1. The second kappa shape index (κ2) is 12.0. The Kier molecular flexibility index (Phi) is 8.32. The van der Waals surface area contributed by atoms with Crippen molar-refractivity contribution in [3.63, 3.8) is 0 Å². The van der Waals surface area contributed by atoms with Crippen LogP contribution in [0.15, 0.2) is 91.4 Å². The summed E-state index contributed by atoms with van der Waals surface area (Å²) in [5.41, 5.74) is 5.40. The van der Waals surface area contributed by atoms with Gasteiger partial charge in [0.25, 0.3) is 0 Å². The first-order chi connectivity index (χ1) is 16.7. The van der Waals surface area contributed by atoms with Crippen molar-refractivity contribution in [2.24, 2.45) is 0 Å². The van der Waals surface area contributed by atoms with Gasteiger partial charge in [0.05, 0.1) is 17.1 Å². The van der Waals surface area contributed by atoms with Crippen LogP contribution in [-0.2, 0) is 26.2 Å². The molecule has 0 unspecified atom stereocenters. The molecule has 0 radical (unpaired) electrons. The standard InChI is InChI=1S/C28H31N5O/c1-23-11-12-28(34)18-24(23)19-32(20-25-8-2-5-13-29-25)16-17-33(21-26-9-3-6-14-30-26)22-27-10-4-7-15-31-27/h2-15,18,34H,16-17,19-22H2,1H3. The van der Waals surface area contributed by atoms with E-state index in [1.807, 2.05) is 67.1 Å². The van der Waals surface area contributed by atoms with Gasteiger partial charge in [-0.05, 0) is 66.6 Å². The largest absolute Gasteiger partial charge is 0.508 e. The molecule has 0 aliphatic heterocycles. The van der Waals surface area contributed by atoms with E-state index >= 15 is 0 Å². The van der Waals surface area contributed by atoms with Crippen molar-refractivity contribution in [2.45, 2.75) is 33.1 Å². The van der Waals surface area contributed by atoms with E-state index in [0.717, 1.165) is 61.9 Å². The van der Waals surface area contributed by atoms with Crippen LogP contribution in [0.4, 0.5) is 0 Å². The van der Waals surface area contributed by atoms with E-state index < -0.39 is 0 Å². The fourth-order valence-electron chi connectivity index (χ4n) is 3.94. The fourth-order valence-corrected chi connectivity index (χ4v) is 3.94. The Morgan fingerprint density at radius 3 is 1.53 bits per heavy atom. The van der Waals surface area contributed by atoms with Crippen molar-refractivity contribution in [3.8, 4) is 5.75 Å². The quantitative estimate of drug-likeness (QED) is 0.358. The van der Waals surface area contributed by atoms with E-state index in [0.29, 0.717) is 5.75 Å². The summed E-state index contributed by atoms with van der Waals surface area (Å²) in [7, 11) is 0. The number of benzene rings is 1. The molecule has 0 aliphatic carbocycles. The molecule has 0 saturated heterocycles. The first-order valence-corrected chi connectivity index (χ1v) is 11.6. The average Bonchev–Trinajstić information content (AvgIpc) is 2.86. The number of phenolic OH excluding ortho intramolecular Hbond substituents is 1. The predicted octanol–water partition coefficient (Wildman–Crippen LogP) is 4.59. The lowest BCUT2D eigenvalue weighted by Gasteiger charge is -2.28. The van der Waals surface area contributed by atoms with Crippen molar-refractivity contribution in [1.29, 1.82) is 0 Å². The Hall–Kier alpha value is -3.61. The number of rotatable bonds is 11. The van der Waals surface area contributed by atoms with E-state index in [1.54, 1.807) is 6.07 Å². The first-order valence-electron chi connectivity index (χ1n) is 11.6. The summed E-state index contributed by atoms with van der Waals surface area (Å²) in [6.07, 6.45) is 5.51. The summed E-state index contributed by atoms with van der Waals surface area (Å²) in [5, 5.41) is 10.0. The van der Waals surface area contributed by atoms with Crippen LogP contribution in [-0.4, -0.2) is 42.9 Å². The molecule has 3 heterocycles. The van der Waals surface area contributed by atoms with E-state index in [9.17, 15) is 5.11 Å². The number of phenols is 1. The van der Waals surface area contributed by atoms with Gasteiger partial charge in [-0.1, -0.05) is 24.3 Å². The molecule has 0 aliphatic rings. The average molecular weight is 454 g/mol. The highest BCUT2D eigenvalue weighted by Crippen LogP contribution is 2.19. The third-order valence-electron chi connectivity index (χ3n) is 5.79. The van der Waals surface area contributed by atoms with Gasteiger partial charge < -0.3 is 5.11 Å². The van der Waals surface area contributed by atoms with Crippen molar-refractivity contribution in [2.75, 3.05) is 13.1 Å². The molecule has 6 heteroatoms. The second-order valence-corrected chi connectivity index (χ2v) is 8.50. The topological polar surface area (TPSA) is 65.4 Å². The third kappa shape index (κ3) is 7.20. The van der Waals surface area contributed by atoms with Gasteiger partial charge in [-0.25, -0.2) is 0 Å². The number of nitrogens with zero attached hydrogens (tertiary/aromatic N) is 5. The zero-order valence-electron chi connectivity index (χ0n) is 19.6. The summed E-state index contributed by atoms with van der Waals surface area (Å²) < 4.78 is 0. The molecule has 0 atom stereocenters. The Morgan fingerprint density at radius 2 is 1.09 bits per heavy atom. The normalized spacial score (nSPS) is 11.3. The Balaban J connectivity index is 1.51. The van der Waals surface area contributed by atoms with E-state index in [4.69, 9.17) is 0 Å². The maximum Gasteiger partial charge on any atom is 0.115 e. The third-order valence-corrected chi connectivity index (χ3v) is 5.79. The molecular weight excluding hydrogens is 422 g/mol. The number of aromatic nitrogens is 3. The van der Waals surface area contributed by atoms with Gasteiger partial charge in [-0.3, -0.25) is 24.8 Å². The highest BCUT2D eigenvalue weighted by atomic mass is 16.3. The van der Waals surface area contributed by atoms with E-state index in [1.165, 1.54) is 5.56 Å². The molecule has 0 fully saturated rings. The van der Waals surface area contributed by atoms with Crippen molar-refractivity contribution >= 4 is 0 Å². The number of hydrogen-bond acceptors (Lipinski definition) is 6. The predicted molar refractivity (Wildman–Crippen MR) is 134 cm³/mol. The molecule has 4 rings (SSSR count). The minimum absolute atomic E-state index is 0.297. The molecule has 174 valence electrons. The van der Waals surface area contributed by atoms with Crippen LogP contribution in [0.3, 0.4) is 0 Å². The summed E-state index contributed by atoms with van der Waals surface area (Å²) >= 11 is 0. The van der Waals surface area contributed by atoms with Gasteiger partial charge in [0.1, 0.15) is 5.75 Å². The minimum atomic E-state index is 0.297. The second-order valence-electron chi connectivity index (χ2n) is 8.50. The molecule has 4 aromatic rings. The van der Waals surface area contributed by atoms with Crippen LogP contribution < -0.4 is 0 Å². The molecular formula is C28H31N5O. The van der Waals surface area contributed by atoms with Crippen LogP contribution in [0.1, 0.15) is 28.2 Å². The number of aryl methyl sites for hydroxylation is 1. The molecule has 34 heavy (non-hydrogen) atoms. The molecule has 0 amide bonds. The maximum absolute atomic E-state index is 10.0. The van der Waals surface area contributed by atoms with Crippen LogP contribution in [0.25, 0.3) is 0 Å². The lowest BCUT2D eigenvalue weighted by molar-refractivity contribution is 0.179.